The fourth-order valence-corrected chi connectivity index (χ4v) is 1.27. The lowest BCUT2D eigenvalue weighted by Gasteiger charge is -2.05. The van der Waals surface area contributed by atoms with E-state index in [2.05, 4.69) is 4.74 Å². The van der Waals surface area contributed by atoms with Crippen LogP contribution in [0.3, 0.4) is 0 Å². The van der Waals surface area contributed by atoms with Gasteiger partial charge < -0.3 is 9.84 Å². The van der Waals surface area contributed by atoms with Crippen LogP contribution in [0, 0.1) is 0 Å². The van der Waals surface area contributed by atoms with Crippen LogP contribution in [0.1, 0.15) is 5.56 Å². The number of esters is 1. The fraction of sp³-hybridized carbons (Fsp3) is 0.100. The molecule has 1 aromatic rings. The second-order valence-electron chi connectivity index (χ2n) is 2.74. The van der Waals surface area contributed by atoms with E-state index in [1.165, 1.54) is 0 Å². The first-order chi connectivity index (χ1) is 6.29. The molecule has 1 aliphatic heterocycles. The molecule has 0 fully saturated rings. The van der Waals surface area contributed by atoms with Gasteiger partial charge in [0.05, 0.1) is 5.57 Å². The molecule has 13 heavy (non-hydrogen) atoms. The number of hydrogen-bond acceptors (Lipinski definition) is 3. The zero-order valence-electron chi connectivity index (χ0n) is 6.82. The summed E-state index contributed by atoms with van der Waals surface area (Å²) < 4.78 is 4.61. The van der Waals surface area contributed by atoms with E-state index >= 15 is 0 Å². The van der Waals surface area contributed by atoms with Crippen molar-refractivity contribution in [3.63, 3.8) is 0 Å². The molecule has 0 saturated carbocycles. The summed E-state index contributed by atoms with van der Waals surface area (Å²) in [4.78, 5) is 11.1. The van der Waals surface area contributed by atoms with Gasteiger partial charge in [-0.1, -0.05) is 36.1 Å². The Morgan fingerprint density at radius 1 is 1.23 bits per heavy atom. The van der Waals surface area contributed by atoms with E-state index in [9.17, 15) is 9.90 Å². The number of hydrogen-bond donors (Lipinski definition) is 0. The quantitative estimate of drug-likeness (QED) is 0.577. The first-order valence-corrected chi connectivity index (χ1v) is 3.92. The van der Waals surface area contributed by atoms with Gasteiger partial charge in [-0.05, 0) is 5.56 Å². The van der Waals surface area contributed by atoms with Crippen molar-refractivity contribution >= 4 is 11.5 Å². The fourth-order valence-electron chi connectivity index (χ4n) is 1.27. The zero-order valence-corrected chi connectivity index (χ0v) is 6.82. The van der Waals surface area contributed by atoms with Gasteiger partial charge in [-0.25, -0.2) is 4.79 Å². The maximum atomic E-state index is 11.2. The van der Waals surface area contributed by atoms with Crippen LogP contribution in [0.4, 0.5) is 0 Å². The minimum atomic E-state index is -0.517. The van der Waals surface area contributed by atoms with Crippen LogP contribution in [0.25, 0.3) is 5.57 Å². The van der Waals surface area contributed by atoms with Crippen molar-refractivity contribution in [1.82, 2.24) is 0 Å². The lowest BCUT2D eigenvalue weighted by molar-refractivity contribution is -0.306. The van der Waals surface area contributed by atoms with Crippen molar-refractivity contribution < 1.29 is 14.6 Å². The highest BCUT2D eigenvalue weighted by Gasteiger charge is 2.19. The van der Waals surface area contributed by atoms with E-state index < -0.39 is 5.97 Å². The molecule has 3 heteroatoms. The average molecular weight is 175 g/mol. The summed E-state index contributed by atoms with van der Waals surface area (Å²) in [6.45, 7) is -0.122. The monoisotopic (exact) mass is 175 g/mol. The number of benzene rings is 1. The Morgan fingerprint density at radius 2 is 1.92 bits per heavy atom. The Kier molecular flexibility index (Phi) is 1.77. The predicted molar refractivity (Wildman–Crippen MR) is 44.3 cm³/mol. The molecular weight excluding hydrogens is 168 g/mol. The number of rotatable bonds is 1. The molecule has 0 N–H and O–H groups in total. The van der Waals surface area contributed by atoms with E-state index in [0.717, 1.165) is 0 Å². The molecule has 2 rings (SSSR count). The van der Waals surface area contributed by atoms with Crippen molar-refractivity contribution in [1.29, 1.82) is 0 Å². The van der Waals surface area contributed by atoms with Crippen LogP contribution in [-0.4, -0.2) is 12.6 Å². The number of carbonyl (C=O) groups is 1. The van der Waals surface area contributed by atoms with Gasteiger partial charge in [0.2, 0.25) is 0 Å². The van der Waals surface area contributed by atoms with Crippen LogP contribution in [0.2, 0.25) is 0 Å². The molecular formula is C10H7O3-. The van der Waals surface area contributed by atoms with Crippen molar-refractivity contribution in [3.8, 4) is 0 Å². The molecule has 0 aromatic heterocycles. The normalized spacial score (nSPS) is 16.2. The first kappa shape index (κ1) is 7.86. The third-order valence-electron chi connectivity index (χ3n) is 1.88. The van der Waals surface area contributed by atoms with Gasteiger partial charge in [0, 0.05) is 0 Å². The van der Waals surface area contributed by atoms with Crippen molar-refractivity contribution in [2.24, 2.45) is 0 Å². The summed E-state index contributed by atoms with van der Waals surface area (Å²) in [6.07, 6.45) is 0. The van der Waals surface area contributed by atoms with Crippen LogP contribution < -0.4 is 5.11 Å². The Hall–Kier alpha value is -1.77. The smallest absolute Gasteiger partial charge is 0.338 e. The van der Waals surface area contributed by atoms with Crippen molar-refractivity contribution in [2.75, 3.05) is 6.61 Å². The number of ether oxygens (including phenoxy) is 1. The molecule has 1 aliphatic rings. The minimum Gasteiger partial charge on any atom is -0.873 e. The standard InChI is InChI=1S/C10H8O3/c11-8-6-13-10(12)9(8)7-4-2-1-3-5-7/h1-5,11H,6H2/p-1. The van der Waals surface area contributed by atoms with E-state index in [1.807, 2.05) is 6.07 Å². The van der Waals surface area contributed by atoms with Crippen LogP contribution in [0.15, 0.2) is 36.1 Å². The van der Waals surface area contributed by atoms with E-state index in [4.69, 9.17) is 0 Å². The van der Waals surface area contributed by atoms with Gasteiger partial charge >= 0.3 is 5.97 Å². The molecule has 0 aliphatic carbocycles. The molecule has 0 atom stereocenters. The highest BCUT2D eigenvalue weighted by Crippen LogP contribution is 2.22. The molecule has 0 amide bonds. The molecule has 1 heterocycles. The molecule has 0 radical (unpaired) electrons. The van der Waals surface area contributed by atoms with Gasteiger partial charge in [-0.2, -0.15) is 0 Å². The summed E-state index contributed by atoms with van der Waals surface area (Å²) in [5.74, 6) is -0.757. The second kappa shape index (κ2) is 2.94. The SMILES string of the molecule is O=C1OCC([O-])=C1c1ccccc1. The summed E-state index contributed by atoms with van der Waals surface area (Å²) in [5.41, 5.74) is 0.801. The Balaban J connectivity index is 2.47. The lowest BCUT2D eigenvalue weighted by Crippen LogP contribution is -2.06. The topological polar surface area (TPSA) is 49.4 Å². The highest BCUT2D eigenvalue weighted by atomic mass is 16.5. The Bertz CT molecular complexity index is 365. The largest absolute Gasteiger partial charge is 0.873 e. The van der Waals surface area contributed by atoms with Crippen LogP contribution >= 0.6 is 0 Å². The molecule has 0 bridgehead atoms. The van der Waals surface area contributed by atoms with Gasteiger partial charge in [0.15, 0.2) is 0 Å². The number of carbonyl (C=O) groups excluding carboxylic acids is 1. The average Bonchev–Trinajstić information content (AvgIpc) is 2.48. The second-order valence-corrected chi connectivity index (χ2v) is 2.74. The van der Waals surface area contributed by atoms with E-state index in [-0.39, 0.29) is 17.9 Å². The van der Waals surface area contributed by atoms with E-state index in [1.54, 1.807) is 24.3 Å². The molecule has 1 aromatic carbocycles. The van der Waals surface area contributed by atoms with Crippen LogP contribution in [-0.2, 0) is 9.53 Å². The van der Waals surface area contributed by atoms with Crippen LogP contribution in [0.5, 0.6) is 0 Å². The van der Waals surface area contributed by atoms with E-state index in [0.29, 0.717) is 5.56 Å². The molecule has 3 nitrogen and oxygen atoms in total. The third kappa shape index (κ3) is 1.28. The summed E-state index contributed by atoms with van der Waals surface area (Å²) in [5, 5.41) is 11.2. The maximum Gasteiger partial charge on any atom is 0.338 e. The van der Waals surface area contributed by atoms with Gasteiger partial charge in [0.1, 0.15) is 6.61 Å². The zero-order chi connectivity index (χ0) is 9.26. The van der Waals surface area contributed by atoms with Gasteiger partial charge in [0.25, 0.3) is 0 Å². The van der Waals surface area contributed by atoms with Gasteiger partial charge in [-0.3, -0.25) is 0 Å². The lowest BCUT2D eigenvalue weighted by atomic mass is 10.1. The maximum absolute atomic E-state index is 11.2. The van der Waals surface area contributed by atoms with Crippen molar-refractivity contribution in [2.45, 2.75) is 0 Å². The summed E-state index contributed by atoms with van der Waals surface area (Å²) in [7, 11) is 0. The van der Waals surface area contributed by atoms with Crippen molar-refractivity contribution in [3.05, 3.63) is 41.7 Å². The Labute approximate surface area is 75.3 Å². The first-order valence-electron chi connectivity index (χ1n) is 3.92. The Morgan fingerprint density at radius 3 is 2.46 bits per heavy atom. The molecule has 66 valence electrons. The molecule has 0 unspecified atom stereocenters. The molecule has 0 spiro atoms. The minimum absolute atomic E-state index is 0.122. The summed E-state index contributed by atoms with van der Waals surface area (Å²) >= 11 is 0. The predicted octanol–water partition coefficient (Wildman–Crippen LogP) is 0.315. The third-order valence-corrected chi connectivity index (χ3v) is 1.88. The summed E-state index contributed by atoms with van der Waals surface area (Å²) in [6, 6.07) is 8.83. The molecule has 0 saturated heterocycles. The van der Waals surface area contributed by atoms with Gasteiger partial charge in [-0.15, -0.1) is 0 Å². The number of cyclic esters (lactones) is 1. The highest BCUT2D eigenvalue weighted by molar-refractivity contribution is 6.18.